The fourth-order valence-electron chi connectivity index (χ4n) is 2.89. The van der Waals surface area contributed by atoms with Gasteiger partial charge in [-0.2, -0.15) is 0 Å². The Morgan fingerprint density at radius 2 is 1.89 bits per heavy atom. The van der Waals surface area contributed by atoms with Crippen LogP contribution >= 0.6 is 0 Å². The van der Waals surface area contributed by atoms with Gasteiger partial charge in [0.25, 0.3) is 0 Å². The van der Waals surface area contributed by atoms with Gasteiger partial charge in [0.05, 0.1) is 11.9 Å². The molecule has 0 amide bonds. The van der Waals surface area contributed by atoms with E-state index in [1.165, 1.54) is 25.7 Å². The number of rotatable bonds is 3. The van der Waals surface area contributed by atoms with Crippen molar-refractivity contribution >= 4 is 11.5 Å². The molecule has 2 N–H and O–H groups in total. The normalized spacial score (nSPS) is 18.9. The highest BCUT2D eigenvalue weighted by Gasteiger charge is 2.31. The Kier molecular flexibility index (Phi) is 3.79. The van der Waals surface area contributed by atoms with Crippen LogP contribution in [0, 0.1) is 12.3 Å². The summed E-state index contributed by atoms with van der Waals surface area (Å²) in [7, 11) is 0. The van der Waals surface area contributed by atoms with E-state index >= 15 is 0 Å². The summed E-state index contributed by atoms with van der Waals surface area (Å²) in [6.07, 6.45) is 6.94. The van der Waals surface area contributed by atoms with Crippen molar-refractivity contribution in [3.8, 4) is 0 Å². The summed E-state index contributed by atoms with van der Waals surface area (Å²) in [4.78, 5) is 6.86. The predicted octanol–water partition coefficient (Wildman–Crippen LogP) is 3.38. The molecule has 1 aromatic rings. The third-order valence-electron chi connectivity index (χ3n) is 4.78. The molecular formula is C15H25N3. The van der Waals surface area contributed by atoms with Crippen molar-refractivity contribution in [3.05, 3.63) is 17.8 Å². The van der Waals surface area contributed by atoms with Crippen LogP contribution in [0.15, 0.2) is 12.3 Å². The maximum atomic E-state index is 5.82. The lowest BCUT2D eigenvalue weighted by molar-refractivity contribution is 0.199. The highest BCUT2D eigenvalue weighted by molar-refractivity contribution is 5.52. The topological polar surface area (TPSA) is 42.1 Å². The quantitative estimate of drug-likeness (QED) is 0.890. The van der Waals surface area contributed by atoms with Crippen molar-refractivity contribution < 1.29 is 0 Å². The minimum Gasteiger partial charge on any atom is -0.397 e. The summed E-state index contributed by atoms with van der Waals surface area (Å²) in [5.41, 5.74) is 8.30. The Bertz CT molecular complexity index is 400. The first kappa shape index (κ1) is 13.2. The standard InChI is InChI=1S/C15H25N3/c1-4-15(5-2)6-8-18(9-7-15)14-10-12(3)13(16)11-17-14/h10-11H,4-9,16H2,1-3H3. The molecule has 0 atom stereocenters. The number of nitrogen functional groups attached to an aromatic ring is 1. The molecule has 100 valence electrons. The number of anilines is 2. The van der Waals surface area contributed by atoms with Gasteiger partial charge in [-0.1, -0.05) is 26.7 Å². The van der Waals surface area contributed by atoms with Gasteiger partial charge in [0.1, 0.15) is 5.82 Å². The monoisotopic (exact) mass is 247 g/mol. The minimum atomic E-state index is 0.569. The number of pyridine rings is 1. The van der Waals surface area contributed by atoms with E-state index in [4.69, 9.17) is 5.73 Å². The van der Waals surface area contributed by atoms with Crippen LogP contribution in [0.5, 0.6) is 0 Å². The zero-order valence-corrected chi connectivity index (χ0v) is 11.9. The molecule has 1 saturated heterocycles. The molecule has 0 radical (unpaired) electrons. The van der Waals surface area contributed by atoms with E-state index in [0.29, 0.717) is 5.41 Å². The first-order chi connectivity index (χ1) is 8.60. The van der Waals surface area contributed by atoms with Gasteiger partial charge in [0.15, 0.2) is 0 Å². The van der Waals surface area contributed by atoms with E-state index in [2.05, 4.69) is 29.8 Å². The largest absolute Gasteiger partial charge is 0.397 e. The molecule has 0 bridgehead atoms. The van der Waals surface area contributed by atoms with E-state index in [1.807, 2.05) is 6.92 Å². The Hall–Kier alpha value is -1.25. The molecular weight excluding hydrogens is 222 g/mol. The summed E-state index contributed by atoms with van der Waals surface area (Å²) in [6, 6.07) is 2.11. The minimum absolute atomic E-state index is 0.569. The van der Waals surface area contributed by atoms with Crippen LogP contribution in [0.1, 0.15) is 45.1 Å². The van der Waals surface area contributed by atoms with Crippen molar-refractivity contribution in [2.75, 3.05) is 23.7 Å². The van der Waals surface area contributed by atoms with Gasteiger partial charge >= 0.3 is 0 Å². The summed E-state index contributed by atoms with van der Waals surface area (Å²) in [6.45, 7) is 8.94. The highest BCUT2D eigenvalue weighted by atomic mass is 15.2. The first-order valence-electron chi connectivity index (χ1n) is 7.07. The number of piperidine rings is 1. The van der Waals surface area contributed by atoms with Gasteiger partial charge in [-0.25, -0.2) is 4.98 Å². The molecule has 3 nitrogen and oxygen atoms in total. The zero-order valence-electron chi connectivity index (χ0n) is 11.9. The average Bonchev–Trinajstić information content (AvgIpc) is 2.42. The lowest BCUT2D eigenvalue weighted by Crippen LogP contribution is -2.40. The molecule has 0 spiro atoms. The van der Waals surface area contributed by atoms with Gasteiger partial charge in [0, 0.05) is 13.1 Å². The van der Waals surface area contributed by atoms with Gasteiger partial charge in [-0.3, -0.25) is 0 Å². The van der Waals surface area contributed by atoms with Gasteiger partial charge in [-0.05, 0) is 36.8 Å². The lowest BCUT2D eigenvalue weighted by Gasteiger charge is -2.41. The molecule has 0 saturated carbocycles. The smallest absolute Gasteiger partial charge is 0.128 e. The van der Waals surface area contributed by atoms with Gasteiger partial charge < -0.3 is 10.6 Å². The highest BCUT2D eigenvalue weighted by Crippen LogP contribution is 2.38. The van der Waals surface area contributed by atoms with Gasteiger partial charge in [0.2, 0.25) is 0 Å². The molecule has 1 aliphatic heterocycles. The number of nitrogens with two attached hydrogens (primary N) is 1. The molecule has 0 aliphatic carbocycles. The second-order valence-corrected chi connectivity index (χ2v) is 5.59. The second kappa shape index (κ2) is 5.17. The van der Waals surface area contributed by atoms with E-state index in [0.717, 1.165) is 30.2 Å². The number of aromatic nitrogens is 1. The average molecular weight is 247 g/mol. The summed E-state index contributed by atoms with van der Waals surface area (Å²) >= 11 is 0. The SMILES string of the molecule is CCC1(CC)CCN(c2cc(C)c(N)cn2)CC1. The van der Waals surface area contributed by atoms with Crippen LogP contribution < -0.4 is 10.6 Å². The Labute approximate surface area is 110 Å². The Morgan fingerprint density at radius 1 is 1.28 bits per heavy atom. The van der Waals surface area contributed by atoms with Crippen LogP contribution in [0.4, 0.5) is 11.5 Å². The second-order valence-electron chi connectivity index (χ2n) is 5.59. The van der Waals surface area contributed by atoms with E-state index < -0.39 is 0 Å². The molecule has 18 heavy (non-hydrogen) atoms. The Balaban J connectivity index is 2.07. The van der Waals surface area contributed by atoms with E-state index in [1.54, 1.807) is 6.20 Å². The van der Waals surface area contributed by atoms with Crippen LogP contribution in [0.2, 0.25) is 0 Å². The molecule has 0 unspecified atom stereocenters. The lowest BCUT2D eigenvalue weighted by atomic mass is 9.74. The molecule has 1 fully saturated rings. The van der Waals surface area contributed by atoms with Gasteiger partial charge in [-0.15, -0.1) is 0 Å². The fourth-order valence-corrected chi connectivity index (χ4v) is 2.89. The van der Waals surface area contributed by atoms with E-state index in [-0.39, 0.29) is 0 Å². The third kappa shape index (κ3) is 2.45. The maximum Gasteiger partial charge on any atom is 0.128 e. The van der Waals surface area contributed by atoms with Crippen molar-refractivity contribution in [2.24, 2.45) is 5.41 Å². The van der Waals surface area contributed by atoms with Crippen LogP contribution in [-0.4, -0.2) is 18.1 Å². The number of nitrogens with zero attached hydrogens (tertiary/aromatic N) is 2. The number of hydrogen-bond acceptors (Lipinski definition) is 3. The van der Waals surface area contributed by atoms with Crippen molar-refractivity contribution in [1.29, 1.82) is 0 Å². The van der Waals surface area contributed by atoms with Crippen molar-refractivity contribution in [1.82, 2.24) is 4.98 Å². The zero-order chi connectivity index (χ0) is 13.2. The molecule has 1 aliphatic rings. The number of hydrogen-bond donors (Lipinski definition) is 1. The fraction of sp³-hybridized carbons (Fsp3) is 0.667. The number of aryl methyl sites for hydroxylation is 1. The Morgan fingerprint density at radius 3 is 2.39 bits per heavy atom. The van der Waals surface area contributed by atoms with Crippen LogP contribution in [0.25, 0.3) is 0 Å². The molecule has 2 heterocycles. The summed E-state index contributed by atoms with van der Waals surface area (Å²) in [5.74, 6) is 1.09. The van der Waals surface area contributed by atoms with Crippen LogP contribution in [0.3, 0.4) is 0 Å². The predicted molar refractivity (Wildman–Crippen MR) is 77.8 cm³/mol. The summed E-state index contributed by atoms with van der Waals surface area (Å²) < 4.78 is 0. The third-order valence-corrected chi connectivity index (χ3v) is 4.78. The molecule has 2 rings (SSSR count). The molecule has 0 aromatic carbocycles. The first-order valence-corrected chi connectivity index (χ1v) is 7.07. The molecule has 1 aromatic heterocycles. The van der Waals surface area contributed by atoms with Crippen molar-refractivity contribution in [3.63, 3.8) is 0 Å². The van der Waals surface area contributed by atoms with E-state index in [9.17, 15) is 0 Å². The van der Waals surface area contributed by atoms with Crippen LogP contribution in [-0.2, 0) is 0 Å². The molecule has 3 heteroatoms. The maximum absolute atomic E-state index is 5.82. The summed E-state index contributed by atoms with van der Waals surface area (Å²) in [5, 5.41) is 0. The van der Waals surface area contributed by atoms with Crippen molar-refractivity contribution in [2.45, 2.75) is 46.5 Å².